The molecule has 10 heavy (non-hydrogen) atoms. The summed E-state index contributed by atoms with van der Waals surface area (Å²) in [6.07, 6.45) is 1.46. The summed E-state index contributed by atoms with van der Waals surface area (Å²) in [4.78, 5) is 1.64. The molecule has 0 aliphatic carbocycles. The Balaban J connectivity index is 0.000000500. The molecular weight excluding hydrogens is 154 g/mol. The third kappa shape index (κ3) is 1.10. The molecule has 5 nitrogen and oxygen atoms in total. The van der Waals surface area contributed by atoms with E-state index in [1.807, 2.05) is 0 Å². The normalized spacial score (nSPS) is 17.6. The van der Waals surface area contributed by atoms with Gasteiger partial charge in [0.05, 0.1) is 6.04 Å². The van der Waals surface area contributed by atoms with Gasteiger partial charge in [0, 0.05) is 13.1 Å². The van der Waals surface area contributed by atoms with Crippen molar-refractivity contribution in [2.45, 2.75) is 6.04 Å². The lowest BCUT2D eigenvalue weighted by atomic mass is 10.2. The Hall–Kier alpha value is -0.680. The average Bonchev–Trinajstić information content (AvgIpc) is 2.11. The number of hydrogen-bond acceptors (Lipinski definition) is 4. The van der Waals surface area contributed by atoms with Crippen molar-refractivity contribution in [3.05, 3.63) is 6.33 Å². The monoisotopic (exact) mass is 161 g/mol. The van der Waals surface area contributed by atoms with Crippen LogP contribution in [0, 0.1) is 0 Å². The first-order valence-corrected chi connectivity index (χ1v) is 2.90. The van der Waals surface area contributed by atoms with Gasteiger partial charge in [-0.15, -0.1) is 22.6 Å². The van der Waals surface area contributed by atoms with Crippen LogP contribution in [0.15, 0.2) is 6.33 Å². The molecule has 2 rings (SSSR count). The van der Waals surface area contributed by atoms with Gasteiger partial charge in [0.15, 0.2) is 6.33 Å². The van der Waals surface area contributed by atoms with Crippen molar-refractivity contribution in [1.29, 1.82) is 0 Å². The first kappa shape index (κ1) is 7.43. The topological polar surface area (TPSA) is 55.6 Å². The highest BCUT2D eigenvalue weighted by Gasteiger charge is 2.19. The zero-order valence-corrected chi connectivity index (χ0v) is 6.08. The van der Waals surface area contributed by atoms with Gasteiger partial charge in [0.1, 0.15) is 0 Å². The van der Waals surface area contributed by atoms with E-state index in [4.69, 9.17) is 0 Å². The van der Waals surface area contributed by atoms with E-state index in [9.17, 15) is 0 Å². The molecule has 0 aromatic carbocycles. The number of tetrazole rings is 1. The molecule has 1 fully saturated rings. The standard InChI is InChI=1S/C4H7N5.ClH/c1-4(2-5-1)9-7-3-6-8-9;/h3-5H,1-2H2;1H. The molecule has 0 saturated carbocycles. The maximum atomic E-state index is 3.89. The lowest BCUT2D eigenvalue weighted by Crippen LogP contribution is -2.44. The van der Waals surface area contributed by atoms with Gasteiger partial charge in [0.25, 0.3) is 0 Å². The molecule has 0 amide bonds. The minimum absolute atomic E-state index is 0. The molecule has 2 heterocycles. The fraction of sp³-hybridized carbons (Fsp3) is 0.750. The molecule has 0 unspecified atom stereocenters. The van der Waals surface area contributed by atoms with Crippen LogP contribution < -0.4 is 5.32 Å². The third-order valence-corrected chi connectivity index (χ3v) is 1.45. The summed E-state index contributed by atoms with van der Waals surface area (Å²) in [5.74, 6) is 0. The zero-order chi connectivity index (χ0) is 6.10. The number of hydrogen-bond donors (Lipinski definition) is 1. The quantitative estimate of drug-likeness (QED) is 0.588. The van der Waals surface area contributed by atoms with Crippen LogP contribution in [0.4, 0.5) is 0 Å². The molecule has 56 valence electrons. The second-order valence-corrected chi connectivity index (χ2v) is 2.07. The number of rotatable bonds is 1. The lowest BCUT2D eigenvalue weighted by Gasteiger charge is -2.24. The third-order valence-electron chi connectivity index (χ3n) is 1.45. The summed E-state index contributed by atoms with van der Waals surface area (Å²) in [6.45, 7) is 1.94. The number of halogens is 1. The molecule has 0 atom stereocenters. The van der Waals surface area contributed by atoms with Crippen LogP contribution in [-0.2, 0) is 0 Å². The Kier molecular flexibility index (Phi) is 2.18. The lowest BCUT2D eigenvalue weighted by molar-refractivity contribution is 0.285. The smallest absolute Gasteiger partial charge is 0.162 e. The summed E-state index contributed by atoms with van der Waals surface area (Å²) in [6, 6.07) is 0.437. The fourth-order valence-electron chi connectivity index (χ4n) is 0.779. The van der Waals surface area contributed by atoms with E-state index in [1.165, 1.54) is 6.33 Å². The van der Waals surface area contributed by atoms with Crippen LogP contribution in [0.5, 0.6) is 0 Å². The van der Waals surface area contributed by atoms with Gasteiger partial charge in [-0.2, -0.15) is 4.80 Å². The minimum Gasteiger partial charge on any atom is -0.312 e. The predicted octanol–water partition coefficient (Wildman–Crippen LogP) is -0.761. The van der Waals surface area contributed by atoms with Crippen LogP contribution in [0.3, 0.4) is 0 Å². The highest BCUT2D eigenvalue weighted by atomic mass is 35.5. The van der Waals surface area contributed by atoms with Gasteiger partial charge >= 0.3 is 0 Å². The van der Waals surface area contributed by atoms with Gasteiger partial charge in [-0.05, 0) is 5.21 Å². The maximum absolute atomic E-state index is 3.89. The number of nitrogens with zero attached hydrogens (tertiary/aromatic N) is 4. The second-order valence-electron chi connectivity index (χ2n) is 2.07. The van der Waals surface area contributed by atoms with Gasteiger partial charge in [-0.1, -0.05) is 0 Å². The van der Waals surface area contributed by atoms with E-state index in [-0.39, 0.29) is 12.4 Å². The highest BCUT2D eigenvalue weighted by molar-refractivity contribution is 5.85. The van der Waals surface area contributed by atoms with Crippen LogP contribution in [-0.4, -0.2) is 33.3 Å². The van der Waals surface area contributed by atoms with E-state index < -0.39 is 0 Å². The largest absolute Gasteiger partial charge is 0.312 e. The first-order valence-electron chi connectivity index (χ1n) is 2.90. The van der Waals surface area contributed by atoms with E-state index in [1.54, 1.807) is 4.80 Å². The molecule has 6 heteroatoms. The summed E-state index contributed by atoms with van der Waals surface area (Å²) in [7, 11) is 0. The molecule has 1 N–H and O–H groups in total. The second kappa shape index (κ2) is 2.94. The van der Waals surface area contributed by atoms with Crippen molar-refractivity contribution in [3.63, 3.8) is 0 Å². The van der Waals surface area contributed by atoms with Crippen LogP contribution in [0.2, 0.25) is 0 Å². The molecular formula is C4H8ClN5. The minimum atomic E-state index is 0. The molecule has 0 spiro atoms. The Labute approximate surface area is 64.2 Å². The molecule has 0 radical (unpaired) electrons. The number of aromatic nitrogens is 4. The fourth-order valence-corrected chi connectivity index (χ4v) is 0.779. The summed E-state index contributed by atoms with van der Waals surface area (Å²) >= 11 is 0. The predicted molar refractivity (Wildman–Crippen MR) is 37.0 cm³/mol. The summed E-state index contributed by atoms with van der Waals surface area (Å²) in [5, 5.41) is 14.4. The van der Waals surface area contributed by atoms with Crippen molar-refractivity contribution in [2.24, 2.45) is 0 Å². The Bertz CT molecular complexity index is 182. The van der Waals surface area contributed by atoms with Gasteiger partial charge < -0.3 is 5.32 Å². The zero-order valence-electron chi connectivity index (χ0n) is 5.27. The Morgan fingerprint density at radius 1 is 1.50 bits per heavy atom. The molecule has 1 aromatic rings. The van der Waals surface area contributed by atoms with E-state index in [2.05, 4.69) is 20.7 Å². The summed E-state index contributed by atoms with van der Waals surface area (Å²) < 4.78 is 0. The Morgan fingerprint density at radius 2 is 2.30 bits per heavy atom. The first-order chi connectivity index (χ1) is 4.47. The van der Waals surface area contributed by atoms with E-state index in [0.717, 1.165) is 13.1 Å². The summed E-state index contributed by atoms with van der Waals surface area (Å²) in [5.41, 5.74) is 0. The van der Waals surface area contributed by atoms with Crippen molar-refractivity contribution in [3.8, 4) is 0 Å². The number of nitrogens with one attached hydrogen (secondary N) is 1. The molecule has 0 bridgehead atoms. The van der Waals surface area contributed by atoms with Crippen molar-refractivity contribution in [1.82, 2.24) is 25.5 Å². The molecule has 1 aliphatic heterocycles. The van der Waals surface area contributed by atoms with E-state index in [0.29, 0.717) is 6.04 Å². The van der Waals surface area contributed by atoms with Crippen molar-refractivity contribution in [2.75, 3.05) is 13.1 Å². The SMILES string of the molecule is Cl.c1nnn(C2CNC2)n1. The van der Waals surface area contributed by atoms with E-state index >= 15 is 0 Å². The van der Waals surface area contributed by atoms with Crippen LogP contribution in [0.1, 0.15) is 6.04 Å². The van der Waals surface area contributed by atoms with Crippen molar-refractivity contribution >= 4 is 12.4 Å². The van der Waals surface area contributed by atoms with Gasteiger partial charge in [-0.3, -0.25) is 0 Å². The molecule has 1 saturated heterocycles. The van der Waals surface area contributed by atoms with Crippen molar-refractivity contribution < 1.29 is 0 Å². The molecule has 1 aliphatic rings. The van der Waals surface area contributed by atoms with Crippen LogP contribution in [0.25, 0.3) is 0 Å². The Morgan fingerprint density at radius 3 is 2.70 bits per heavy atom. The van der Waals surface area contributed by atoms with Gasteiger partial charge in [0.2, 0.25) is 0 Å². The van der Waals surface area contributed by atoms with Crippen LogP contribution >= 0.6 is 12.4 Å². The highest BCUT2D eigenvalue weighted by Crippen LogP contribution is 2.05. The average molecular weight is 162 g/mol. The molecule has 1 aromatic heterocycles. The van der Waals surface area contributed by atoms with Gasteiger partial charge in [-0.25, -0.2) is 0 Å². The maximum Gasteiger partial charge on any atom is 0.162 e.